The molecule has 2 N–H and O–H groups in total. The van der Waals surface area contributed by atoms with E-state index in [0.717, 1.165) is 16.7 Å². The minimum atomic E-state index is -0.329. The molecule has 1 unspecified atom stereocenters. The predicted octanol–water partition coefficient (Wildman–Crippen LogP) is 3.57. The highest BCUT2D eigenvalue weighted by Gasteiger charge is 2.16. The molecule has 0 aliphatic carbocycles. The van der Waals surface area contributed by atoms with Crippen molar-refractivity contribution in [2.24, 2.45) is 0 Å². The molecule has 0 aliphatic heterocycles. The molecule has 0 saturated carbocycles. The van der Waals surface area contributed by atoms with Gasteiger partial charge in [0.15, 0.2) is 0 Å². The van der Waals surface area contributed by atoms with Gasteiger partial charge in [0.1, 0.15) is 0 Å². The van der Waals surface area contributed by atoms with Crippen LogP contribution in [-0.4, -0.2) is 18.4 Å². The summed E-state index contributed by atoms with van der Waals surface area (Å²) < 4.78 is 0. The first-order valence-electron chi connectivity index (χ1n) is 8.29. The lowest BCUT2D eigenvalue weighted by Crippen LogP contribution is -2.33. The van der Waals surface area contributed by atoms with Crippen molar-refractivity contribution in [2.45, 2.75) is 32.7 Å². The van der Waals surface area contributed by atoms with Gasteiger partial charge in [-0.25, -0.2) is 0 Å². The minimum Gasteiger partial charge on any atom is -0.356 e. The van der Waals surface area contributed by atoms with E-state index in [1.54, 1.807) is 0 Å². The van der Waals surface area contributed by atoms with Gasteiger partial charge in [-0.05, 0) is 36.6 Å². The highest BCUT2D eigenvalue weighted by Crippen LogP contribution is 2.17. The standard InChI is InChI=1S/C20H23ClN2O2/c1-14-6-8-17(9-7-14)19(23-15(2)24)13-20(25)22-11-10-16-4-3-5-18(21)12-16/h3-9,12,19H,10-11,13H2,1-2H3,(H,22,25)(H,23,24). The molecule has 0 aromatic heterocycles. The van der Waals surface area contributed by atoms with Crippen molar-refractivity contribution in [3.8, 4) is 0 Å². The summed E-state index contributed by atoms with van der Waals surface area (Å²) in [5.74, 6) is -0.251. The summed E-state index contributed by atoms with van der Waals surface area (Å²) in [6, 6.07) is 15.1. The Kier molecular flexibility index (Phi) is 7.02. The summed E-state index contributed by atoms with van der Waals surface area (Å²) in [6.45, 7) is 3.98. The molecule has 0 bridgehead atoms. The van der Waals surface area contributed by atoms with Crippen LogP contribution in [0.25, 0.3) is 0 Å². The fourth-order valence-corrected chi connectivity index (χ4v) is 2.81. The third-order valence-electron chi connectivity index (χ3n) is 3.87. The summed E-state index contributed by atoms with van der Waals surface area (Å²) in [6.07, 6.45) is 0.916. The molecule has 0 spiro atoms. The summed E-state index contributed by atoms with van der Waals surface area (Å²) in [5.41, 5.74) is 3.13. The van der Waals surface area contributed by atoms with E-state index in [1.165, 1.54) is 6.92 Å². The third-order valence-corrected chi connectivity index (χ3v) is 4.11. The number of rotatable bonds is 7. The zero-order valence-electron chi connectivity index (χ0n) is 14.5. The summed E-state index contributed by atoms with van der Waals surface area (Å²) in [4.78, 5) is 23.7. The average Bonchev–Trinajstić information content (AvgIpc) is 2.54. The van der Waals surface area contributed by atoms with Crippen LogP contribution >= 0.6 is 11.6 Å². The second-order valence-corrected chi connectivity index (χ2v) is 6.53. The quantitative estimate of drug-likeness (QED) is 0.794. The van der Waals surface area contributed by atoms with Crippen LogP contribution in [-0.2, 0) is 16.0 Å². The molecule has 2 rings (SSSR count). The maximum absolute atomic E-state index is 12.2. The molecule has 2 aromatic rings. The number of carbonyl (C=O) groups excluding carboxylic acids is 2. The first kappa shape index (κ1) is 19.0. The van der Waals surface area contributed by atoms with E-state index in [4.69, 9.17) is 11.6 Å². The maximum atomic E-state index is 12.2. The van der Waals surface area contributed by atoms with Gasteiger partial charge in [-0.3, -0.25) is 9.59 Å². The molecule has 2 amide bonds. The van der Waals surface area contributed by atoms with Crippen LogP contribution in [0.2, 0.25) is 5.02 Å². The van der Waals surface area contributed by atoms with Gasteiger partial charge in [0.2, 0.25) is 11.8 Å². The number of nitrogens with one attached hydrogen (secondary N) is 2. The fourth-order valence-electron chi connectivity index (χ4n) is 2.59. The molecule has 0 radical (unpaired) electrons. The van der Waals surface area contributed by atoms with Gasteiger partial charge in [-0.1, -0.05) is 53.6 Å². The topological polar surface area (TPSA) is 58.2 Å². The van der Waals surface area contributed by atoms with Gasteiger partial charge in [-0.15, -0.1) is 0 Å². The van der Waals surface area contributed by atoms with Crippen molar-refractivity contribution in [3.05, 3.63) is 70.2 Å². The first-order valence-corrected chi connectivity index (χ1v) is 8.66. The molecule has 0 fully saturated rings. The fraction of sp³-hybridized carbons (Fsp3) is 0.300. The Labute approximate surface area is 153 Å². The Morgan fingerprint density at radius 3 is 2.48 bits per heavy atom. The lowest BCUT2D eigenvalue weighted by Gasteiger charge is -2.18. The lowest BCUT2D eigenvalue weighted by atomic mass is 10.0. The number of amides is 2. The van der Waals surface area contributed by atoms with Crippen LogP contribution in [0, 0.1) is 6.92 Å². The Balaban J connectivity index is 1.90. The SMILES string of the molecule is CC(=O)NC(CC(=O)NCCc1cccc(Cl)c1)c1ccc(C)cc1. The van der Waals surface area contributed by atoms with Crippen LogP contribution in [0.1, 0.15) is 36.1 Å². The zero-order chi connectivity index (χ0) is 18.2. The third kappa shape index (κ3) is 6.59. The van der Waals surface area contributed by atoms with E-state index in [9.17, 15) is 9.59 Å². The Hall–Kier alpha value is -2.33. The largest absolute Gasteiger partial charge is 0.356 e. The molecule has 0 heterocycles. The number of aryl methyl sites for hydroxylation is 1. The van der Waals surface area contributed by atoms with E-state index in [-0.39, 0.29) is 24.3 Å². The van der Waals surface area contributed by atoms with E-state index >= 15 is 0 Å². The van der Waals surface area contributed by atoms with Gasteiger partial charge in [0.25, 0.3) is 0 Å². The first-order chi connectivity index (χ1) is 11.9. The molecule has 132 valence electrons. The molecule has 2 aromatic carbocycles. The smallest absolute Gasteiger partial charge is 0.222 e. The predicted molar refractivity (Wildman–Crippen MR) is 101 cm³/mol. The van der Waals surface area contributed by atoms with Crippen LogP contribution in [0.4, 0.5) is 0 Å². The molecular weight excluding hydrogens is 336 g/mol. The van der Waals surface area contributed by atoms with Crippen molar-refractivity contribution < 1.29 is 9.59 Å². The second kappa shape index (κ2) is 9.23. The highest BCUT2D eigenvalue weighted by molar-refractivity contribution is 6.30. The van der Waals surface area contributed by atoms with E-state index < -0.39 is 0 Å². The number of hydrogen-bond acceptors (Lipinski definition) is 2. The van der Waals surface area contributed by atoms with Gasteiger partial charge in [0, 0.05) is 18.5 Å². The lowest BCUT2D eigenvalue weighted by molar-refractivity contribution is -0.122. The molecule has 25 heavy (non-hydrogen) atoms. The van der Waals surface area contributed by atoms with E-state index in [2.05, 4.69) is 10.6 Å². The second-order valence-electron chi connectivity index (χ2n) is 6.10. The van der Waals surface area contributed by atoms with Gasteiger partial charge in [-0.2, -0.15) is 0 Å². The summed E-state index contributed by atoms with van der Waals surface area (Å²) >= 11 is 5.95. The normalized spacial score (nSPS) is 11.6. The molecule has 4 nitrogen and oxygen atoms in total. The molecule has 0 saturated heterocycles. The van der Waals surface area contributed by atoms with Crippen LogP contribution < -0.4 is 10.6 Å². The van der Waals surface area contributed by atoms with Crippen LogP contribution in [0.15, 0.2) is 48.5 Å². The van der Waals surface area contributed by atoms with E-state index in [0.29, 0.717) is 18.0 Å². The summed E-state index contributed by atoms with van der Waals surface area (Å²) in [7, 11) is 0. The van der Waals surface area contributed by atoms with Gasteiger partial charge >= 0.3 is 0 Å². The minimum absolute atomic E-state index is 0.0960. The summed E-state index contributed by atoms with van der Waals surface area (Å²) in [5, 5.41) is 6.44. The van der Waals surface area contributed by atoms with Gasteiger partial charge in [0.05, 0.1) is 12.5 Å². The highest BCUT2D eigenvalue weighted by atomic mass is 35.5. The zero-order valence-corrected chi connectivity index (χ0v) is 15.3. The van der Waals surface area contributed by atoms with E-state index in [1.807, 2.05) is 55.5 Å². The monoisotopic (exact) mass is 358 g/mol. The maximum Gasteiger partial charge on any atom is 0.222 e. The number of hydrogen-bond donors (Lipinski definition) is 2. The molecule has 0 aliphatic rings. The Morgan fingerprint density at radius 2 is 1.84 bits per heavy atom. The van der Waals surface area contributed by atoms with Crippen LogP contribution in [0.5, 0.6) is 0 Å². The van der Waals surface area contributed by atoms with Crippen molar-refractivity contribution in [2.75, 3.05) is 6.54 Å². The van der Waals surface area contributed by atoms with Crippen molar-refractivity contribution >= 4 is 23.4 Å². The average molecular weight is 359 g/mol. The number of halogens is 1. The van der Waals surface area contributed by atoms with Crippen molar-refractivity contribution in [1.82, 2.24) is 10.6 Å². The van der Waals surface area contributed by atoms with Crippen molar-refractivity contribution in [3.63, 3.8) is 0 Å². The Morgan fingerprint density at radius 1 is 1.12 bits per heavy atom. The molecular formula is C20H23ClN2O2. The molecule has 5 heteroatoms. The Bertz CT molecular complexity index is 729. The number of benzene rings is 2. The number of carbonyl (C=O) groups is 2. The van der Waals surface area contributed by atoms with Gasteiger partial charge < -0.3 is 10.6 Å². The van der Waals surface area contributed by atoms with Crippen LogP contribution in [0.3, 0.4) is 0 Å². The molecule has 1 atom stereocenters. The van der Waals surface area contributed by atoms with Crippen molar-refractivity contribution in [1.29, 1.82) is 0 Å².